The van der Waals surface area contributed by atoms with Crippen molar-refractivity contribution >= 4 is 11.9 Å². The lowest BCUT2D eigenvalue weighted by molar-refractivity contribution is -0.135. The summed E-state index contributed by atoms with van der Waals surface area (Å²) in [6, 6.07) is 0.425. The molecule has 3 aliphatic rings. The smallest absolute Gasteiger partial charge is 0.317 e. The number of urea groups is 1. The van der Waals surface area contributed by atoms with E-state index in [4.69, 9.17) is 0 Å². The van der Waals surface area contributed by atoms with E-state index >= 15 is 0 Å². The molecule has 0 saturated carbocycles. The fraction of sp³-hybridized carbons (Fsp3) is 0.833. The van der Waals surface area contributed by atoms with Gasteiger partial charge >= 0.3 is 6.03 Å². The molecule has 3 amide bonds. The normalized spacial score (nSPS) is 35.0. The molecule has 3 saturated heterocycles. The number of carbonyl (C=O) groups excluding carboxylic acids is 2. The summed E-state index contributed by atoms with van der Waals surface area (Å²) in [5.74, 6) is 0.151. The SMILES string of the molecule is CC1CNC(C(=O)N2CCN3C(=O)NCC3C2)CN1. The van der Waals surface area contributed by atoms with Gasteiger partial charge in [-0.2, -0.15) is 0 Å². The zero-order valence-electron chi connectivity index (χ0n) is 11.2. The highest BCUT2D eigenvalue weighted by Crippen LogP contribution is 2.15. The van der Waals surface area contributed by atoms with Crippen LogP contribution in [0.4, 0.5) is 4.79 Å². The van der Waals surface area contributed by atoms with E-state index in [1.807, 2.05) is 9.80 Å². The zero-order valence-corrected chi connectivity index (χ0v) is 11.2. The molecule has 3 fully saturated rings. The van der Waals surface area contributed by atoms with Crippen LogP contribution in [0.15, 0.2) is 0 Å². The molecule has 3 aliphatic heterocycles. The van der Waals surface area contributed by atoms with Crippen molar-refractivity contribution < 1.29 is 9.59 Å². The van der Waals surface area contributed by atoms with Gasteiger partial charge in [0.25, 0.3) is 0 Å². The highest BCUT2D eigenvalue weighted by Gasteiger charge is 2.38. The highest BCUT2D eigenvalue weighted by molar-refractivity contribution is 5.83. The Kier molecular flexibility index (Phi) is 3.32. The van der Waals surface area contributed by atoms with E-state index in [0.29, 0.717) is 38.8 Å². The molecule has 0 spiro atoms. The van der Waals surface area contributed by atoms with Gasteiger partial charge in [-0.05, 0) is 6.92 Å². The molecule has 3 rings (SSSR count). The van der Waals surface area contributed by atoms with E-state index in [9.17, 15) is 9.59 Å². The first-order valence-electron chi connectivity index (χ1n) is 6.95. The second-order valence-electron chi connectivity index (χ2n) is 5.59. The Morgan fingerprint density at radius 2 is 2.05 bits per heavy atom. The van der Waals surface area contributed by atoms with Gasteiger partial charge in [0.1, 0.15) is 0 Å². The number of nitrogens with zero attached hydrogens (tertiary/aromatic N) is 2. The van der Waals surface area contributed by atoms with Gasteiger partial charge in [0.05, 0.1) is 12.1 Å². The summed E-state index contributed by atoms with van der Waals surface area (Å²) in [5.41, 5.74) is 0. The third-order valence-corrected chi connectivity index (χ3v) is 4.18. The predicted octanol–water partition coefficient (Wildman–Crippen LogP) is -1.83. The predicted molar refractivity (Wildman–Crippen MR) is 69.7 cm³/mol. The maximum atomic E-state index is 12.4. The average Bonchev–Trinajstić information content (AvgIpc) is 2.80. The van der Waals surface area contributed by atoms with Crippen LogP contribution < -0.4 is 16.0 Å². The third kappa shape index (κ3) is 2.40. The van der Waals surface area contributed by atoms with Gasteiger partial charge < -0.3 is 25.8 Å². The van der Waals surface area contributed by atoms with Gasteiger partial charge in [-0.25, -0.2) is 4.79 Å². The number of piperazine rings is 2. The highest BCUT2D eigenvalue weighted by atomic mass is 16.2. The Morgan fingerprint density at radius 1 is 1.21 bits per heavy atom. The van der Waals surface area contributed by atoms with Crippen molar-refractivity contribution in [2.45, 2.75) is 25.0 Å². The Bertz CT molecular complexity index is 380. The van der Waals surface area contributed by atoms with E-state index < -0.39 is 0 Å². The summed E-state index contributed by atoms with van der Waals surface area (Å²) in [6.45, 7) is 6.17. The summed E-state index contributed by atoms with van der Waals surface area (Å²) in [6.07, 6.45) is 0. The maximum Gasteiger partial charge on any atom is 0.317 e. The van der Waals surface area contributed by atoms with Crippen LogP contribution in [0.5, 0.6) is 0 Å². The van der Waals surface area contributed by atoms with Crippen molar-refractivity contribution in [3.63, 3.8) is 0 Å². The van der Waals surface area contributed by atoms with E-state index in [2.05, 4.69) is 22.9 Å². The van der Waals surface area contributed by atoms with Crippen LogP contribution in [0.25, 0.3) is 0 Å². The van der Waals surface area contributed by atoms with E-state index in [-0.39, 0.29) is 24.0 Å². The molecular weight excluding hydrogens is 246 g/mol. The van der Waals surface area contributed by atoms with Crippen LogP contribution in [0.1, 0.15) is 6.92 Å². The van der Waals surface area contributed by atoms with Crippen LogP contribution in [0, 0.1) is 0 Å². The standard InChI is InChI=1S/C12H21N5O2/c1-8-4-14-10(6-13-8)11(18)16-2-3-17-9(7-16)5-15-12(17)19/h8-10,13-14H,2-7H2,1H3,(H,15,19). The molecule has 0 radical (unpaired) electrons. The van der Waals surface area contributed by atoms with Crippen molar-refractivity contribution in [1.82, 2.24) is 25.8 Å². The summed E-state index contributed by atoms with van der Waals surface area (Å²) in [5, 5.41) is 9.43. The second kappa shape index (κ2) is 4.97. The van der Waals surface area contributed by atoms with Gasteiger partial charge in [-0.3, -0.25) is 4.79 Å². The number of hydrogen-bond acceptors (Lipinski definition) is 4. The third-order valence-electron chi connectivity index (χ3n) is 4.18. The van der Waals surface area contributed by atoms with E-state index in [1.165, 1.54) is 0 Å². The molecular formula is C12H21N5O2. The summed E-state index contributed by atoms with van der Waals surface area (Å²) >= 11 is 0. The molecule has 106 valence electrons. The fourth-order valence-corrected chi connectivity index (χ4v) is 2.98. The Balaban J connectivity index is 1.58. The Morgan fingerprint density at radius 3 is 2.79 bits per heavy atom. The molecule has 0 bridgehead atoms. The number of carbonyl (C=O) groups is 2. The van der Waals surface area contributed by atoms with Crippen molar-refractivity contribution in [2.75, 3.05) is 39.3 Å². The van der Waals surface area contributed by atoms with Crippen molar-refractivity contribution in [3.8, 4) is 0 Å². The van der Waals surface area contributed by atoms with Crippen LogP contribution in [-0.2, 0) is 4.79 Å². The first kappa shape index (κ1) is 12.7. The Labute approximate surface area is 112 Å². The van der Waals surface area contributed by atoms with Crippen molar-refractivity contribution in [3.05, 3.63) is 0 Å². The van der Waals surface area contributed by atoms with Crippen molar-refractivity contribution in [2.24, 2.45) is 0 Å². The second-order valence-corrected chi connectivity index (χ2v) is 5.59. The number of rotatable bonds is 1. The van der Waals surface area contributed by atoms with Crippen LogP contribution in [-0.4, -0.2) is 79.1 Å². The molecule has 3 N–H and O–H groups in total. The first-order valence-corrected chi connectivity index (χ1v) is 6.95. The van der Waals surface area contributed by atoms with Crippen molar-refractivity contribution in [1.29, 1.82) is 0 Å². The quantitative estimate of drug-likeness (QED) is 0.522. The monoisotopic (exact) mass is 267 g/mol. The lowest BCUT2D eigenvalue weighted by Gasteiger charge is -2.39. The minimum atomic E-state index is -0.132. The number of nitrogens with one attached hydrogen (secondary N) is 3. The molecule has 0 aromatic rings. The van der Waals surface area contributed by atoms with Gasteiger partial charge in [0, 0.05) is 45.3 Å². The topological polar surface area (TPSA) is 76.7 Å². The molecule has 7 nitrogen and oxygen atoms in total. The summed E-state index contributed by atoms with van der Waals surface area (Å²) in [7, 11) is 0. The number of amides is 3. The summed E-state index contributed by atoms with van der Waals surface area (Å²) in [4.78, 5) is 27.7. The molecule has 0 aromatic heterocycles. The molecule has 3 unspecified atom stereocenters. The average molecular weight is 267 g/mol. The minimum Gasteiger partial charge on any atom is -0.337 e. The number of hydrogen-bond donors (Lipinski definition) is 3. The Hall–Kier alpha value is -1.34. The molecule has 0 aromatic carbocycles. The fourth-order valence-electron chi connectivity index (χ4n) is 2.98. The van der Waals surface area contributed by atoms with Crippen LogP contribution >= 0.6 is 0 Å². The largest absolute Gasteiger partial charge is 0.337 e. The van der Waals surface area contributed by atoms with Crippen LogP contribution in [0.2, 0.25) is 0 Å². The van der Waals surface area contributed by atoms with Gasteiger partial charge in [0.2, 0.25) is 5.91 Å². The first-order chi connectivity index (χ1) is 9.15. The molecule has 3 atom stereocenters. The molecule has 19 heavy (non-hydrogen) atoms. The van der Waals surface area contributed by atoms with E-state index in [1.54, 1.807) is 0 Å². The number of fused-ring (bicyclic) bond motifs is 1. The lowest BCUT2D eigenvalue weighted by atomic mass is 10.1. The van der Waals surface area contributed by atoms with Crippen LogP contribution in [0.3, 0.4) is 0 Å². The molecule has 3 heterocycles. The lowest BCUT2D eigenvalue weighted by Crippen LogP contribution is -2.62. The van der Waals surface area contributed by atoms with E-state index in [0.717, 1.165) is 6.54 Å². The maximum absolute atomic E-state index is 12.4. The van der Waals surface area contributed by atoms with Gasteiger partial charge in [-0.1, -0.05) is 0 Å². The van der Waals surface area contributed by atoms with Gasteiger partial charge in [0.15, 0.2) is 0 Å². The molecule has 7 heteroatoms. The molecule has 0 aliphatic carbocycles. The minimum absolute atomic E-state index is 0.00313. The van der Waals surface area contributed by atoms with Gasteiger partial charge in [-0.15, -0.1) is 0 Å². The summed E-state index contributed by atoms with van der Waals surface area (Å²) < 4.78 is 0. The zero-order chi connectivity index (χ0) is 13.4.